The number of nitrogen functional groups attached to an aromatic ring is 1. The zero-order valence-corrected chi connectivity index (χ0v) is 22.6. The maximum Gasteiger partial charge on any atom is 0.247 e. The van der Waals surface area contributed by atoms with Crippen molar-refractivity contribution in [2.45, 2.75) is 19.4 Å². The second kappa shape index (κ2) is 11.6. The molecule has 2 aromatic carbocycles. The van der Waals surface area contributed by atoms with Crippen molar-refractivity contribution in [2.75, 3.05) is 56.3 Å². The molecule has 39 heavy (non-hydrogen) atoms. The number of nitrogens with two attached hydrogens (primary N) is 1. The minimum absolute atomic E-state index is 0.255. The van der Waals surface area contributed by atoms with Gasteiger partial charge in [0.15, 0.2) is 0 Å². The van der Waals surface area contributed by atoms with Gasteiger partial charge in [0.1, 0.15) is 12.1 Å². The molecule has 202 valence electrons. The second-order valence-electron chi connectivity index (χ2n) is 9.78. The number of para-hydroxylation sites is 1. The number of likely N-dealkylation sites (N-methyl/N-ethyl adjacent to an activating group) is 1. The van der Waals surface area contributed by atoms with Gasteiger partial charge in [-0.05, 0) is 44.2 Å². The first-order chi connectivity index (χ1) is 19.0. The summed E-state index contributed by atoms with van der Waals surface area (Å²) in [4.78, 5) is 24.5. The number of nitrogens with one attached hydrogen (secondary N) is 1. The van der Waals surface area contributed by atoms with Crippen LogP contribution in [0.1, 0.15) is 12.1 Å². The van der Waals surface area contributed by atoms with E-state index in [0.29, 0.717) is 17.1 Å². The van der Waals surface area contributed by atoms with Gasteiger partial charge in [0.25, 0.3) is 0 Å². The molecule has 1 saturated heterocycles. The van der Waals surface area contributed by atoms with Gasteiger partial charge in [-0.25, -0.2) is 9.97 Å². The predicted molar refractivity (Wildman–Crippen MR) is 157 cm³/mol. The topological polar surface area (TPSA) is 102 Å². The van der Waals surface area contributed by atoms with Gasteiger partial charge in [-0.1, -0.05) is 24.8 Å². The fraction of sp³-hybridized carbons (Fsp3) is 0.300. The van der Waals surface area contributed by atoms with Crippen molar-refractivity contribution in [3.63, 3.8) is 0 Å². The van der Waals surface area contributed by atoms with Crippen LogP contribution in [0.25, 0.3) is 22.2 Å². The number of methoxy groups -OCH3 is 1. The number of carbonyl (C=O) groups excluding carboxylic acids is 1. The molecular weight excluding hydrogens is 490 g/mol. The minimum atomic E-state index is -0.255. The number of hydrogen-bond donors (Lipinski definition) is 2. The van der Waals surface area contributed by atoms with Crippen molar-refractivity contribution in [2.24, 2.45) is 0 Å². The molecule has 3 N–H and O–H groups in total. The van der Waals surface area contributed by atoms with Crippen LogP contribution in [-0.4, -0.2) is 65.7 Å². The number of ether oxygens (including phenoxy) is 1. The highest BCUT2D eigenvalue weighted by molar-refractivity contribution is 6.02. The van der Waals surface area contributed by atoms with Crippen molar-refractivity contribution in [3.05, 3.63) is 73.3 Å². The van der Waals surface area contributed by atoms with Crippen LogP contribution in [0.5, 0.6) is 5.75 Å². The van der Waals surface area contributed by atoms with Crippen LogP contribution >= 0.6 is 0 Å². The lowest BCUT2D eigenvalue weighted by Gasteiger charge is -2.35. The third-order valence-corrected chi connectivity index (χ3v) is 7.35. The molecule has 1 fully saturated rings. The molecule has 2 aliphatic heterocycles. The Kier molecular flexibility index (Phi) is 7.79. The normalized spacial score (nSPS) is 14.9. The number of amides is 1. The summed E-state index contributed by atoms with van der Waals surface area (Å²) in [6.07, 6.45) is 7.07. The van der Waals surface area contributed by atoms with E-state index in [0.717, 1.165) is 50.5 Å². The summed E-state index contributed by atoms with van der Waals surface area (Å²) in [5, 5.41) is 4.12. The van der Waals surface area contributed by atoms with E-state index in [1.807, 2.05) is 18.3 Å². The van der Waals surface area contributed by atoms with Crippen LogP contribution in [0, 0.1) is 0 Å². The Morgan fingerprint density at radius 2 is 1.92 bits per heavy atom. The molecule has 2 aliphatic rings. The first kappa shape index (κ1) is 26.2. The first-order valence-electron chi connectivity index (χ1n) is 13.2. The standard InChI is InChI=1S/C15H22N4O2.C15H13N3/c1-4-15(20)17-12-9-11(16)14(21-3)10-13(12)19-7-5-18(2)6-8-19;1-2-5-13-11(4-1)15(12-7-8-16-10-17-12)14-6-3-9-18(13)14/h4,9-10H,1,5-8,16H2,2-3H3,(H,17,20);1-2,4-5,7-8,10H,3,6,9H2. The van der Waals surface area contributed by atoms with Crippen molar-refractivity contribution in [3.8, 4) is 17.0 Å². The molecule has 0 unspecified atom stereocenters. The van der Waals surface area contributed by atoms with Gasteiger partial charge in [0.05, 0.1) is 29.9 Å². The van der Waals surface area contributed by atoms with Gasteiger partial charge in [-0.15, -0.1) is 0 Å². The Bertz CT molecular complexity index is 1470. The number of nitrogens with zero attached hydrogens (tertiary/aromatic N) is 5. The van der Waals surface area contributed by atoms with E-state index in [1.165, 1.54) is 34.7 Å². The summed E-state index contributed by atoms with van der Waals surface area (Å²) in [6.45, 7) is 8.33. The number of aromatic nitrogens is 3. The summed E-state index contributed by atoms with van der Waals surface area (Å²) in [5.41, 5.74) is 13.1. The Morgan fingerprint density at radius 3 is 2.64 bits per heavy atom. The average Bonchev–Trinajstić information content (AvgIpc) is 3.56. The van der Waals surface area contributed by atoms with Crippen LogP contribution in [0.15, 0.2) is 67.6 Å². The number of benzene rings is 2. The van der Waals surface area contributed by atoms with Gasteiger partial charge in [0.2, 0.25) is 5.91 Å². The number of fused-ring (bicyclic) bond motifs is 3. The Labute approximate surface area is 228 Å². The Hall–Kier alpha value is -4.37. The molecule has 0 spiro atoms. The molecule has 1 amide bonds. The molecule has 2 aromatic heterocycles. The lowest BCUT2D eigenvalue weighted by Crippen LogP contribution is -2.44. The van der Waals surface area contributed by atoms with E-state index in [2.05, 4.69) is 67.5 Å². The van der Waals surface area contributed by atoms with Gasteiger partial charge in [-0.3, -0.25) is 4.79 Å². The van der Waals surface area contributed by atoms with Crippen LogP contribution in [0.4, 0.5) is 17.1 Å². The highest BCUT2D eigenvalue weighted by Gasteiger charge is 2.22. The van der Waals surface area contributed by atoms with E-state index in [1.54, 1.807) is 19.5 Å². The van der Waals surface area contributed by atoms with E-state index >= 15 is 0 Å². The molecule has 9 nitrogen and oxygen atoms in total. The average molecular weight is 526 g/mol. The van der Waals surface area contributed by atoms with Gasteiger partial charge < -0.3 is 30.2 Å². The molecule has 0 bridgehead atoms. The maximum absolute atomic E-state index is 11.6. The lowest BCUT2D eigenvalue weighted by atomic mass is 10.1. The molecule has 0 aliphatic carbocycles. The van der Waals surface area contributed by atoms with Crippen molar-refractivity contribution >= 4 is 33.9 Å². The van der Waals surface area contributed by atoms with Gasteiger partial charge >= 0.3 is 0 Å². The molecule has 0 atom stereocenters. The van der Waals surface area contributed by atoms with Crippen LogP contribution in [-0.2, 0) is 17.8 Å². The van der Waals surface area contributed by atoms with Crippen molar-refractivity contribution in [1.82, 2.24) is 19.4 Å². The zero-order chi connectivity index (χ0) is 27.4. The first-order valence-corrected chi connectivity index (χ1v) is 13.2. The summed E-state index contributed by atoms with van der Waals surface area (Å²) in [5.74, 6) is 0.357. The molecule has 9 heteroatoms. The molecular formula is C30H35N7O2. The lowest BCUT2D eigenvalue weighted by molar-refractivity contribution is -0.111. The number of carbonyl (C=O) groups is 1. The van der Waals surface area contributed by atoms with E-state index < -0.39 is 0 Å². The molecule has 0 radical (unpaired) electrons. The monoisotopic (exact) mass is 525 g/mol. The molecule has 4 aromatic rings. The van der Waals surface area contributed by atoms with E-state index in [-0.39, 0.29) is 5.91 Å². The summed E-state index contributed by atoms with van der Waals surface area (Å²) in [6, 6.07) is 14.2. The number of aryl methyl sites for hydroxylation is 1. The number of hydrogen-bond acceptors (Lipinski definition) is 7. The largest absolute Gasteiger partial charge is 0.495 e. The van der Waals surface area contributed by atoms with Gasteiger partial charge in [0, 0.05) is 67.1 Å². The van der Waals surface area contributed by atoms with Crippen LogP contribution in [0.2, 0.25) is 0 Å². The summed E-state index contributed by atoms with van der Waals surface area (Å²) >= 11 is 0. The Balaban J connectivity index is 0.000000159. The zero-order valence-electron chi connectivity index (χ0n) is 22.6. The smallest absolute Gasteiger partial charge is 0.247 e. The molecule has 6 rings (SSSR count). The quantitative estimate of drug-likeness (QED) is 0.297. The maximum atomic E-state index is 11.6. The molecule has 4 heterocycles. The van der Waals surface area contributed by atoms with E-state index in [9.17, 15) is 4.79 Å². The fourth-order valence-corrected chi connectivity index (χ4v) is 5.36. The number of rotatable bonds is 5. The third kappa shape index (κ3) is 5.44. The van der Waals surface area contributed by atoms with E-state index in [4.69, 9.17) is 10.5 Å². The number of piperazine rings is 1. The van der Waals surface area contributed by atoms with Crippen LogP contribution < -0.4 is 20.7 Å². The third-order valence-electron chi connectivity index (χ3n) is 7.35. The van der Waals surface area contributed by atoms with Crippen molar-refractivity contribution < 1.29 is 9.53 Å². The SMILES string of the molecule is C=CC(=O)Nc1cc(N)c(OC)cc1N1CCN(C)CC1.c1ccc2c(c1)c(-c1ccncn1)c1n2CCC1. The highest BCUT2D eigenvalue weighted by atomic mass is 16.5. The van der Waals surface area contributed by atoms with Crippen molar-refractivity contribution in [1.29, 1.82) is 0 Å². The minimum Gasteiger partial charge on any atom is -0.495 e. The van der Waals surface area contributed by atoms with Crippen LogP contribution in [0.3, 0.4) is 0 Å². The second-order valence-corrected chi connectivity index (χ2v) is 9.78. The van der Waals surface area contributed by atoms with Gasteiger partial charge in [-0.2, -0.15) is 0 Å². The predicted octanol–water partition coefficient (Wildman–Crippen LogP) is 4.20. The highest BCUT2D eigenvalue weighted by Crippen LogP contribution is 2.38. The fourth-order valence-electron chi connectivity index (χ4n) is 5.36. The summed E-state index contributed by atoms with van der Waals surface area (Å²) < 4.78 is 7.73. The molecule has 0 saturated carbocycles. The number of anilines is 3. The summed E-state index contributed by atoms with van der Waals surface area (Å²) in [7, 11) is 3.68. The Morgan fingerprint density at radius 1 is 1.13 bits per heavy atom.